The Morgan fingerprint density at radius 1 is 1.41 bits per heavy atom. The predicted molar refractivity (Wildman–Crippen MR) is 62.1 cm³/mol. The van der Waals surface area contributed by atoms with E-state index in [9.17, 15) is 9.59 Å². The molecule has 0 unspecified atom stereocenters. The van der Waals surface area contributed by atoms with Crippen molar-refractivity contribution in [2.24, 2.45) is 0 Å². The molecule has 0 aromatic heterocycles. The zero-order chi connectivity index (χ0) is 12.3. The molecular formula is C12H14N2O3. The van der Waals surface area contributed by atoms with Crippen molar-refractivity contribution < 1.29 is 14.3 Å². The summed E-state index contributed by atoms with van der Waals surface area (Å²) in [5.41, 5.74) is 7.07. The second-order valence-electron chi connectivity index (χ2n) is 3.99. The molecule has 17 heavy (non-hydrogen) atoms. The lowest BCUT2D eigenvalue weighted by Crippen LogP contribution is -2.38. The molecule has 5 heteroatoms. The molecule has 1 aliphatic rings. The van der Waals surface area contributed by atoms with Crippen LogP contribution in [0, 0.1) is 0 Å². The van der Waals surface area contributed by atoms with E-state index in [1.165, 1.54) is 0 Å². The lowest BCUT2D eigenvalue weighted by molar-refractivity contribution is -0.141. The Bertz CT molecular complexity index is 428. The van der Waals surface area contributed by atoms with Crippen molar-refractivity contribution >= 4 is 17.6 Å². The molecule has 1 aromatic rings. The van der Waals surface area contributed by atoms with Gasteiger partial charge in [-0.25, -0.2) is 4.79 Å². The van der Waals surface area contributed by atoms with Crippen LogP contribution >= 0.6 is 0 Å². The van der Waals surface area contributed by atoms with E-state index in [1.807, 2.05) is 0 Å². The molecule has 0 aliphatic carbocycles. The molecule has 1 atom stereocenters. The Hall–Kier alpha value is -2.04. The summed E-state index contributed by atoms with van der Waals surface area (Å²) in [6.07, 6.45) is 0.788. The van der Waals surface area contributed by atoms with Gasteiger partial charge in [0.05, 0.1) is 13.0 Å². The first kappa shape index (κ1) is 11.4. The van der Waals surface area contributed by atoms with Gasteiger partial charge in [-0.05, 0) is 17.7 Å². The molecule has 1 saturated heterocycles. The van der Waals surface area contributed by atoms with Crippen molar-refractivity contribution in [1.29, 1.82) is 0 Å². The van der Waals surface area contributed by atoms with Gasteiger partial charge in [0.15, 0.2) is 0 Å². The molecule has 90 valence electrons. The second kappa shape index (κ2) is 4.86. The van der Waals surface area contributed by atoms with Crippen LogP contribution in [0.15, 0.2) is 24.3 Å². The number of ether oxygens (including phenoxy) is 1. The van der Waals surface area contributed by atoms with Gasteiger partial charge in [-0.15, -0.1) is 0 Å². The van der Waals surface area contributed by atoms with Crippen LogP contribution in [0.1, 0.15) is 12.0 Å². The number of rotatable bonds is 3. The van der Waals surface area contributed by atoms with Crippen LogP contribution < -0.4 is 11.1 Å². The van der Waals surface area contributed by atoms with Gasteiger partial charge in [0.1, 0.15) is 6.04 Å². The van der Waals surface area contributed by atoms with Crippen molar-refractivity contribution in [2.75, 3.05) is 12.3 Å². The highest BCUT2D eigenvalue weighted by molar-refractivity contribution is 5.86. The number of benzene rings is 1. The van der Waals surface area contributed by atoms with Crippen molar-refractivity contribution in [3.8, 4) is 0 Å². The maximum absolute atomic E-state index is 11.6. The smallest absolute Gasteiger partial charge is 0.328 e. The van der Waals surface area contributed by atoms with Gasteiger partial charge in [-0.2, -0.15) is 0 Å². The van der Waals surface area contributed by atoms with Gasteiger partial charge in [-0.3, -0.25) is 4.79 Å². The van der Waals surface area contributed by atoms with Crippen LogP contribution in [0.2, 0.25) is 0 Å². The molecule has 1 amide bonds. The normalized spacial score (nSPS) is 18.8. The number of carbonyl (C=O) groups excluding carboxylic acids is 2. The zero-order valence-electron chi connectivity index (χ0n) is 9.31. The molecule has 0 saturated carbocycles. The van der Waals surface area contributed by atoms with Crippen LogP contribution in [0.25, 0.3) is 0 Å². The Balaban J connectivity index is 1.88. The first-order chi connectivity index (χ1) is 8.15. The number of amides is 1. The number of nitrogen functional groups attached to an aromatic ring is 1. The topological polar surface area (TPSA) is 81.4 Å². The predicted octanol–water partition coefficient (Wildman–Crippen LogP) is 0.243. The van der Waals surface area contributed by atoms with E-state index in [0.717, 1.165) is 5.56 Å². The van der Waals surface area contributed by atoms with Gasteiger partial charge in [0.2, 0.25) is 5.91 Å². The quantitative estimate of drug-likeness (QED) is 0.580. The third kappa shape index (κ3) is 2.96. The van der Waals surface area contributed by atoms with Gasteiger partial charge in [0.25, 0.3) is 0 Å². The van der Waals surface area contributed by atoms with Gasteiger partial charge in [-0.1, -0.05) is 12.1 Å². The van der Waals surface area contributed by atoms with E-state index in [-0.39, 0.29) is 18.3 Å². The summed E-state index contributed by atoms with van der Waals surface area (Å²) in [5, 5.41) is 2.65. The van der Waals surface area contributed by atoms with Gasteiger partial charge >= 0.3 is 5.97 Å². The summed E-state index contributed by atoms with van der Waals surface area (Å²) in [6.45, 7) is 0.381. The largest absolute Gasteiger partial charge is 0.464 e. The van der Waals surface area contributed by atoms with Crippen molar-refractivity contribution in [1.82, 2.24) is 5.32 Å². The molecule has 0 radical (unpaired) electrons. The lowest BCUT2D eigenvalue weighted by Gasteiger charge is -2.08. The highest BCUT2D eigenvalue weighted by atomic mass is 16.5. The van der Waals surface area contributed by atoms with Crippen molar-refractivity contribution in [2.45, 2.75) is 18.9 Å². The fourth-order valence-corrected chi connectivity index (χ4v) is 1.69. The summed E-state index contributed by atoms with van der Waals surface area (Å²) >= 11 is 0. The number of esters is 1. The zero-order valence-corrected chi connectivity index (χ0v) is 9.31. The van der Waals surface area contributed by atoms with E-state index in [4.69, 9.17) is 10.5 Å². The van der Waals surface area contributed by atoms with Crippen LogP contribution in [0.4, 0.5) is 5.69 Å². The molecule has 1 fully saturated rings. The van der Waals surface area contributed by atoms with E-state index < -0.39 is 6.04 Å². The summed E-state index contributed by atoms with van der Waals surface area (Å²) in [7, 11) is 0. The second-order valence-corrected chi connectivity index (χ2v) is 3.99. The monoisotopic (exact) mass is 234 g/mol. The number of hydrogen-bond acceptors (Lipinski definition) is 4. The van der Waals surface area contributed by atoms with Gasteiger partial charge in [0, 0.05) is 12.1 Å². The number of carbonyl (C=O) groups is 2. The summed E-state index contributed by atoms with van der Waals surface area (Å²) in [6, 6.07) is 6.58. The minimum atomic E-state index is -0.490. The van der Waals surface area contributed by atoms with E-state index >= 15 is 0 Å². The Morgan fingerprint density at radius 2 is 2.12 bits per heavy atom. The van der Waals surface area contributed by atoms with E-state index in [2.05, 4.69) is 5.32 Å². The molecule has 5 nitrogen and oxygen atoms in total. The Kier molecular flexibility index (Phi) is 3.27. The minimum Gasteiger partial charge on any atom is -0.464 e. The van der Waals surface area contributed by atoms with Gasteiger partial charge < -0.3 is 15.8 Å². The standard InChI is InChI=1S/C12H14N2O3/c13-9-3-1-8(2-4-9)7-11(15)14-10-5-6-17-12(10)16/h1-4,10H,5-7,13H2,(H,14,15)/t10-/m0/s1. The molecule has 1 heterocycles. The summed E-state index contributed by atoms with van der Waals surface area (Å²) in [4.78, 5) is 22.8. The number of anilines is 1. The fraction of sp³-hybridized carbons (Fsp3) is 0.333. The molecule has 3 N–H and O–H groups in total. The van der Waals surface area contributed by atoms with E-state index in [1.54, 1.807) is 24.3 Å². The third-order valence-electron chi connectivity index (χ3n) is 2.61. The summed E-state index contributed by atoms with van der Waals surface area (Å²) in [5.74, 6) is -0.533. The Morgan fingerprint density at radius 3 is 2.71 bits per heavy atom. The average Bonchev–Trinajstić information content (AvgIpc) is 2.68. The minimum absolute atomic E-state index is 0.182. The molecule has 1 aliphatic heterocycles. The lowest BCUT2D eigenvalue weighted by atomic mass is 10.1. The first-order valence-corrected chi connectivity index (χ1v) is 5.45. The SMILES string of the molecule is Nc1ccc(CC(=O)N[C@H]2CCOC2=O)cc1. The van der Waals surface area contributed by atoms with Crippen LogP contribution in [0.3, 0.4) is 0 Å². The van der Waals surface area contributed by atoms with Crippen LogP contribution in [0.5, 0.6) is 0 Å². The Labute approximate surface area is 98.9 Å². The molecule has 0 spiro atoms. The molecule has 0 bridgehead atoms. The maximum Gasteiger partial charge on any atom is 0.328 e. The first-order valence-electron chi connectivity index (χ1n) is 5.45. The number of cyclic esters (lactones) is 1. The number of hydrogen-bond donors (Lipinski definition) is 2. The van der Waals surface area contributed by atoms with Crippen LogP contribution in [-0.4, -0.2) is 24.5 Å². The average molecular weight is 234 g/mol. The number of nitrogens with one attached hydrogen (secondary N) is 1. The number of nitrogens with two attached hydrogens (primary N) is 1. The molecular weight excluding hydrogens is 220 g/mol. The molecule has 2 rings (SSSR count). The van der Waals surface area contributed by atoms with E-state index in [0.29, 0.717) is 18.7 Å². The molecule has 1 aromatic carbocycles. The van der Waals surface area contributed by atoms with Crippen molar-refractivity contribution in [3.05, 3.63) is 29.8 Å². The van der Waals surface area contributed by atoms with Crippen molar-refractivity contribution in [3.63, 3.8) is 0 Å². The fourth-order valence-electron chi connectivity index (χ4n) is 1.69. The maximum atomic E-state index is 11.6. The highest BCUT2D eigenvalue weighted by Gasteiger charge is 2.27. The van der Waals surface area contributed by atoms with Crippen LogP contribution in [-0.2, 0) is 20.7 Å². The highest BCUT2D eigenvalue weighted by Crippen LogP contribution is 2.08. The third-order valence-corrected chi connectivity index (χ3v) is 2.61. The summed E-state index contributed by atoms with van der Waals surface area (Å²) < 4.78 is 4.76.